The molecule has 2 aromatic rings. The van der Waals surface area contributed by atoms with Gasteiger partial charge in [0.15, 0.2) is 5.13 Å². The van der Waals surface area contributed by atoms with Crippen molar-refractivity contribution in [2.45, 2.75) is 18.9 Å². The summed E-state index contributed by atoms with van der Waals surface area (Å²) in [6.45, 7) is 4.57. The molecule has 0 bridgehead atoms. The summed E-state index contributed by atoms with van der Waals surface area (Å²) in [5, 5.41) is 3.97. The molecule has 1 aromatic heterocycles. The molecule has 1 aromatic carbocycles. The minimum atomic E-state index is -0.500. The molecule has 3 N–H and O–H groups in total. The topological polar surface area (TPSA) is 89.7 Å². The summed E-state index contributed by atoms with van der Waals surface area (Å²) >= 11 is 1.64. The summed E-state index contributed by atoms with van der Waals surface area (Å²) in [6, 6.07) is 5.32. The molecule has 0 aliphatic carbocycles. The van der Waals surface area contributed by atoms with Crippen LogP contribution in [0, 0.1) is 5.92 Å². The van der Waals surface area contributed by atoms with E-state index < -0.39 is 6.04 Å². The number of morpholine rings is 1. The number of benzene rings is 1. The van der Waals surface area contributed by atoms with E-state index in [1.807, 2.05) is 18.2 Å². The third-order valence-corrected chi connectivity index (χ3v) is 6.08. The molecule has 7 nitrogen and oxygen atoms in total. The van der Waals surface area contributed by atoms with E-state index in [1.165, 1.54) is 0 Å². The summed E-state index contributed by atoms with van der Waals surface area (Å²) in [6.07, 6.45) is 1.68. The molecule has 1 atom stereocenters. The molecule has 2 fully saturated rings. The minimum Gasteiger partial charge on any atom is -0.381 e. The molecule has 4 rings (SSSR count). The molecule has 8 heteroatoms. The molecule has 0 radical (unpaired) electrons. The molecule has 2 saturated heterocycles. The predicted molar refractivity (Wildman–Crippen MR) is 103 cm³/mol. The van der Waals surface area contributed by atoms with E-state index in [9.17, 15) is 4.79 Å². The second kappa shape index (κ2) is 7.87. The molecule has 26 heavy (non-hydrogen) atoms. The van der Waals surface area contributed by atoms with Crippen molar-refractivity contribution in [3.05, 3.63) is 18.2 Å². The van der Waals surface area contributed by atoms with Crippen LogP contribution in [0.25, 0.3) is 10.2 Å². The Kier molecular flexibility index (Phi) is 5.35. The van der Waals surface area contributed by atoms with Crippen molar-refractivity contribution in [1.82, 2.24) is 4.98 Å². The second-order valence-corrected chi connectivity index (χ2v) is 7.75. The van der Waals surface area contributed by atoms with Gasteiger partial charge in [0.25, 0.3) is 0 Å². The van der Waals surface area contributed by atoms with E-state index in [2.05, 4.69) is 10.2 Å². The van der Waals surface area contributed by atoms with E-state index in [0.29, 0.717) is 13.2 Å². The van der Waals surface area contributed by atoms with Crippen LogP contribution in [0.3, 0.4) is 0 Å². The fraction of sp³-hybridized carbons (Fsp3) is 0.556. The first kappa shape index (κ1) is 17.7. The maximum Gasteiger partial charge on any atom is 0.241 e. The van der Waals surface area contributed by atoms with Gasteiger partial charge in [-0.05, 0) is 37.0 Å². The van der Waals surface area contributed by atoms with Crippen LogP contribution in [-0.4, -0.2) is 56.5 Å². The fourth-order valence-electron chi connectivity index (χ4n) is 3.39. The Bertz CT molecular complexity index is 769. The van der Waals surface area contributed by atoms with Gasteiger partial charge in [-0.1, -0.05) is 11.3 Å². The van der Waals surface area contributed by atoms with Crippen LogP contribution in [0.2, 0.25) is 0 Å². The number of thiazole rings is 1. The lowest BCUT2D eigenvalue weighted by Crippen LogP contribution is -2.43. The Morgan fingerprint density at radius 2 is 1.96 bits per heavy atom. The largest absolute Gasteiger partial charge is 0.381 e. The Labute approximate surface area is 156 Å². The highest BCUT2D eigenvalue weighted by molar-refractivity contribution is 7.22. The van der Waals surface area contributed by atoms with Crippen LogP contribution in [-0.2, 0) is 14.3 Å². The van der Waals surface area contributed by atoms with Crippen molar-refractivity contribution in [1.29, 1.82) is 0 Å². The summed E-state index contributed by atoms with van der Waals surface area (Å²) in [5.74, 6) is 0.0537. The average Bonchev–Trinajstić information content (AvgIpc) is 3.12. The van der Waals surface area contributed by atoms with Crippen LogP contribution in [0.1, 0.15) is 12.8 Å². The Morgan fingerprint density at radius 3 is 2.73 bits per heavy atom. The summed E-state index contributed by atoms with van der Waals surface area (Å²) in [4.78, 5) is 19.4. The molecule has 3 heterocycles. The number of rotatable bonds is 4. The zero-order valence-corrected chi connectivity index (χ0v) is 15.5. The number of amides is 1. The summed E-state index contributed by atoms with van der Waals surface area (Å²) in [7, 11) is 0. The molecular formula is C18H24N4O3S. The normalized spacial score (nSPS) is 20.3. The van der Waals surface area contributed by atoms with Crippen LogP contribution >= 0.6 is 11.3 Å². The lowest BCUT2D eigenvalue weighted by molar-refractivity contribution is -0.119. The molecule has 0 saturated carbocycles. The van der Waals surface area contributed by atoms with Crippen LogP contribution in [0.15, 0.2) is 18.2 Å². The number of anilines is 2. The maximum atomic E-state index is 12.5. The Balaban J connectivity index is 1.45. The van der Waals surface area contributed by atoms with E-state index in [4.69, 9.17) is 20.2 Å². The minimum absolute atomic E-state index is 0.130. The van der Waals surface area contributed by atoms with Crippen LogP contribution in [0.4, 0.5) is 10.8 Å². The van der Waals surface area contributed by atoms with Crippen molar-refractivity contribution in [3.63, 3.8) is 0 Å². The molecular weight excluding hydrogens is 352 g/mol. The Morgan fingerprint density at radius 1 is 1.23 bits per heavy atom. The number of hydrogen-bond donors (Lipinski definition) is 2. The number of hydrogen-bond acceptors (Lipinski definition) is 7. The number of ether oxygens (including phenoxy) is 2. The molecule has 0 spiro atoms. The lowest BCUT2D eigenvalue weighted by atomic mass is 9.92. The van der Waals surface area contributed by atoms with Gasteiger partial charge in [0.1, 0.15) is 0 Å². The number of fused-ring (bicyclic) bond motifs is 1. The number of carbonyl (C=O) groups is 1. The second-order valence-electron chi connectivity index (χ2n) is 6.74. The van der Waals surface area contributed by atoms with Gasteiger partial charge in [-0.2, -0.15) is 0 Å². The highest BCUT2D eigenvalue weighted by Gasteiger charge is 2.26. The van der Waals surface area contributed by atoms with Crippen molar-refractivity contribution >= 4 is 38.3 Å². The highest BCUT2D eigenvalue weighted by Crippen LogP contribution is 2.31. The van der Waals surface area contributed by atoms with Gasteiger partial charge in [-0.25, -0.2) is 4.98 Å². The predicted octanol–water partition coefficient (Wildman–Crippen LogP) is 1.83. The zero-order valence-electron chi connectivity index (χ0n) is 14.6. The fourth-order valence-corrected chi connectivity index (χ4v) is 4.45. The maximum absolute atomic E-state index is 12.5. The van der Waals surface area contributed by atoms with Gasteiger partial charge in [0.2, 0.25) is 5.91 Å². The number of nitrogens with one attached hydrogen (secondary N) is 1. The monoisotopic (exact) mass is 376 g/mol. The standard InChI is InChI=1S/C18H24N4O3S/c19-16(12-3-7-24-8-4-12)17(23)20-13-1-2-14-15(11-13)26-18(21-14)22-5-9-25-10-6-22/h1-2,11-12,16H,3-10,19H2,(H,20,23). The first-order chi connectivity index (χ1) is 12.7. The van der Waals surface area contributed by atoms with Crippen LogP contribution < -0.4 is 16.0 Å². The van der Waals surface area contributed by atoms with Crippen molar-refractivity contribution in [2.75, 3.05) is 49.7 Å². The highest BCUT2D eigenvalue weighted by atomic mass is 32.1. The van der Waals surface area contributed by atoms with E-state index in [-0.39, 0.29) is 11.8 Å². The first-order valence-electron chi connectivity index (χ1n) is 9.08. The van der Waals surface area contributed by atoms with Gasteiger partial charge in [-0.3, -0.25) is 4.79 Å². The van der Waals surface area contributed by atoms with Gasteiger partial charge < -0.3 is 25.4 Å². The molecule has 1 amide bonds. The molecule has 2 aliphatic heterocycles. The SMILES string of the molecule is NC(C(=O)Nc1ccc2nc(N3CCOCC3)sc2c1)C1CCOCC1. The van der Waals surface area contributed by atoms with Crippen molar-refractivity contribution in [2.24, 2.45) is 11.7 Å². The Hall–Kier alpha value is -1.74. The molecule has 140 valence electrons. The number of aromatic nitrogens is 1. The molecule has 2 aliphatic rings. The van der Waals surface area contributed by atoms with E-state index >= 15 is 0 Å². The third kappa shape index (κ3) is 3.83. The average molecular weight is 376 g/mol. The van der Waals surface area contributed by atoms with Crippen molar-refractivity contribution < 1.29 is 14.3 Å². The van der Waals surface area contributed by atoms with Gasteiger partial charge in [-0.15, -0.1) is 0 Å². The van der Waals surface area contributed by atoms with Gasteiger partial charge >= 0.3 is 0 Å². The van der Waals surface area contributed by atoms with Gasteiger partial charge in [0, 0.05) is 32.0 Å². The quantitative estimate of drug-likeness (QED) is 0.846. The van der Waals surface area contributed by atoms with E-state index in [0.717, 1.165) is 60.2 Å². The third-order valence-electron chi connectivity index (χ3n) is 5.00. The van der Waals surface area contributed by atoms with E-state index in [1.54, 1.807) is 11.3 Å². The zero-order chi connectivity index (χ0) is 17.9. The number of carbonyl (C=O) groups excluding carboxylic acids is 1. The smallest absolute Gasteiger partial charge is 0.241 e. The first-order valence-corrected chi connectivity index (χ1v) is 9.90. The summed E-state index contributed by atoms with van der Waals surface area (Å²) in [5.41, 5.74) is 7.87. The number of nitrogens with two attached hydrogens (primary N) is 1. The van der Waals surface area contributed by atoms with Gasteiger partial charge in [0.05, 0.1) is 29.5 Å². The lowest BCUT2D eigenvalue weighted by Gasteiger charge is -2.26. The molecule has 1 unspecified atom stereocenters. The van der Waals surface area contributed by atoms with Crippen molar-refractivity contribution in [3.8, 4) is 0 Å². The summed E-state index contributed by atoms with van der Waals surface area (Å²) < 4.78 is 11.8. The van der Waals surface area contributed by atoms with Crippen LogP contribution in [0.5, 0.6) is 0 Å². The number of nitrogens with zero attached hydrogens (tertiary/aromatic N) is 2.